The SMILES string of the molecule is CC(C)c1cccc(OCC(=O)N2CCN(C)CC2)c1. The van der Waals surface area contributed by atoms with Gasteiger partial charge >= 0.3 is 0 Å². The molecular weight excluding hydrogens is 252 g/mol. The summed E-state index contributed by atoms with van der Waals surface area (Å²) < 4.78 is 5.63. The van der Waals surface area contributed by atoms with E-state index < -0.39 is 0 Å². The third-order valence-corrected chi connectivity index (χ3v) is 3.74. The molecule has 1 heterocycles. The lowest BCUT2D eigenvalue weighted by Gasteiger charge is -2.32. The first-order valence-corrected chi connectivity index (χ1v) is 7.25. The van der Waals surface area contributed by atoms with E-state index >= 15 is 0 Å². The smallest absolute Gasteiger partial charge is 0.260 e. The van der Waals surface area contributed by atoms with Gasteiger partial charge in [0.25, 0.3) is 5.91 Å². The Kier molecular flexibility index (Phi) is 5.01. The summed E-state index contributed by atoms with van der Waals surface area (Å²) in [4.78, 5) is 16.2. The van der Waals surface area contributed by atoms with Crippen LogP contribution in [0.2, 0.25) is 0 Å². The van der Waals surface area contributed by atoms with Crippen molar-refractivity contribution in [3.63, 3.8) is 0 Å². The molecule has 1 saturated heterocycles. The molecule has 0 unspecified atom stereocenters. The van der Waals surface area contributed by atoms with Gasteiger partial charge in [0.1, 0.15) is 5.75 Å². The fraction of sp³-hybridized carbons (Fsp3) is 0.562. The summed E-state index contributed by atoms with van der Waals surface area (Å²) in [5, 5.41) is 0. The predicted octanol–water partition coefficient (Wildman–Crippen LogP) is 1.96. The zero-order chi connectivity index (χ0) is 14.5. The molecule has 4 heteroatoms. The lowest BCUT2D eigenvalue weighted by atomic mass is 10.0. The summed E-state index contributed by atoms with van der Waals surface area (Å²) in [6.07, 6.45) is 0. The van der Waals surface area contributed by atoms with Gasteiger partial charge in [0.05, 0.1) is 0 Å². The van der Waals surface area contributed by atoms with Crippen molar-refractivity contribution in [2.75, 3.05) is 39.8 Å². The predicted molar refractivity (Wildman–Crippen MR) is 80.1 cm³/mol. The first-order chi connectivity index (χ1) is 9.56. The number of hydrogen-bond acceptors (Lipinski definition) is 3. The first-order valence-electron chi connectivity index (χ1n) is 7.25. The van der Waals surface area contributed by atoms with Crippen LogP contribution in [0.4, 0.5) is 0 Å². The number of rotatable bonds is 4. The first kappa shape index (κ1) is 14.9. The molecule has 20 heavy (non-hydrogen) atoms. The molecule has 1 aliphatic rings. The van der Waals surface area contributed by atoms with E-state index in [2.05, 4.69) is 31.9 Å². The van der Waals surface area contributed by atoms with E-state index in [-0.39, 0.29) is 12.5 Å². The molecule has 1 fully saturated rings. The molecule has 1 amide bonds. The number of carbonyl (C=O) groups excluding carboxylic acids is 1. The van der Waals surface area contributed by atoms with Gasteiger partial charge in [0.2, 0.25) is 0 Å². The van der Waals surface area contributed by atoms with Crippen molar-refractivity contribution in [1.82, 2.24) is 9.80 Å². The maximum absolute atomic E-state index is 12.1. The van der Waals surface area contributed by atoms with Crippen LogP contribution in [-0.4, -0.2) is 55.5 Å². The Morgan fingerprint density at radius 3 is 2.60 bits per heavy atom. The molecule has 1 aromatic rings. The van der Waals surface area contributed by atoms with Crippen LogP contribution in [0, 0.1) is 0 Å². The molecule has 4 nitrogen and oxygen atoms in total. The lowest BCUT2D eigenvalue weighted by molar-refractivity contribution is -0.134. The molecule has 0 radical (unpaired) electrons. The highest BCUT2D eigenvalue weighted by atomic mass is 16.5. The third kappa shape index (κ3) is 3.97. The van der Waals surface area contributed by atoms with Crippen LogP contribution >= 0.6 is 0 Å². The van der Waals surface area contributed by atoms with Crippen molar-refractivity contribution in [3.8, 4) is 5.75 Å². The van der Waals surface area contributed by atoms with Gasteiger partial charge < -0.3 is 14.5 Å². The summed E-state index contributed by atoms with van der Waals surface area (Å²) in [7, 11) is 2.08. The zero-order valence-electron chi connectivity index (χ0n) is 12.6. The zero-order valence-corrected chi connectivity index (χ0v) is 12.6. The van der Waals surface area contributed by atoms with Gasteiger partial charge in [0, 0.05) is 26.2 Å². The highest BCUT2D eigenvalue weighted by molar-refractivity contribution is 5.77. The van der Waals surface area contributed by atoms with Crippen LogP contribution < -0.4 is 4.74 Å². The van der Waals surface area contributed by atoms with E-state index in [1.54, 1.807) is 0 Å². The van der Waals surface area contributed by atoms with Gasteiger partial charge in [-0.3, -0.25) is 4.79 Å². The van der Waals surface area contributed by atoms with Crippen LogP contribution in [0.25, 0.3) is 0 Å². The summed E-state index contributed by atoms with van der Waals surface area (Å²) in [6.45, 7) is 7.90. The molecule has 110 valence electrons. The minimum atomic E-state index is 0.0769. The Bertz CT molecular complexity index is 452. The minimum Gasteiger partial charge on any atom is -0.484 e. The van der Waals surface area contributed by atoms with Crippen LogP contribution in [0.1, 0.15) is 25.3 Å². The minimum absolute atomic E-state index is 0.0769. The number of ether oxygens (including phenoxy) is 1. The Morgan fingerprint density at radius 2 is 1.95 bits per heavy atom. The van der Waals surface area contributed by atoms with E-state index in [0.29, 0.717) is 5.92 Å². The maximum Gasteiger partial charge on any atom is 0.260 e. The quantitative estimate of drug-likeness (QED) is 0.843. The maximum atomic E-state index is 12.1. The van der Waals surface area contributed by atoms with Crippen molar-refractivity contribution in [3.05, 3.63) is 29.8 Å². The molecule has 0 atom stereocenters. The fourth-order valence-corrected chi connectivity index (χ4v) is 2.26. The highest BCUT2D eigenvalue weighted by Gasteiger charge is 2.19. The molecule has 0 bridgehead atoms. The van der Waals surface area contributed by atoms with Crippen LogP contribution in [0.5, 0.6) is 5.75 Å². The van der Waals surface area contributed by atoms with Crippen molar-refractivity contribution >= 4 is 5.91 Å². The highest BCUT2D eigenvalue weighted by Crippen LogP contribution is 2.20. The largest absolute Gasteiger partial charge is 0.484 e. The summed E-state index contributed by atoms with van der Waals surface area (Å²) in [5.74, 6) is 1.32. The van der Waals surface area contributed by atoms with Crippen molar-refractivity contribution < 1.29 is 9.53 Å². The van der Waals surface area contributed by atoms with Gasteiger partial charge in [0.15, 0.2) is 6.61 Å². The third-order valence-electron chi connectivity index (χ3n) is 3.74. The van der Waals surface area contributed by atoms with Gasteiger partial charge in [-0.05, 0) is 30.7 Å². The van der Waals surface area contributed by atoms with Gasteiger partial charge in [-0.1, -0.05) is 26.0 Å². The van der Waals surface area contributed by atoms with E-state index in [9.17, 15) is 4.79 Å². The number of carbonyl (C=O) groups is 1. The number of nitrogens with zero attached hydrogens (tertiary/aromatic N) is 2. The number of amides is 1. The molecule has 2 rings (SSSR count). The molecule has 0 spiro atoms. The van der Waals surface area contributed by atoms with Crippen molar-refractivity contribution in [2.45, 2.75) is 19.8 Å². The molecule has 0 aromatic heterocycles. The number of likely N-dealkylation sites (N-methyl/N-ethyl adjacent to an activating group) is 1. The molecule has 1 aromatic carbocycles. The Labute approximate surface area is 121 Å². The molecule has 0 saturated carbocycles. The number of piperazine rings is 1. The molecule has 0 N–H and O–H groups in total. The average Bonchev–Trinajstić information content (AvgIpc) is 2.46. The number of benzene rings is 1. The summed E-state index contributed by atoms with van der Waals surface area (Å²) in [6, 6.07) is 7.98. The molecular formula is C16H24N2O2. The van der Waals surface area contributed by atoms with E-state index in [1.807, 2.05) is 23.1 Å². The van der Waals surface area contributed by atoms with Crippen molar-refractivity contribution in [1.29, 1.82) is 0 Å². The van der Waals surface area contributed by atoms with Crippen LogP contribution in [-0.2, 0) is 4.79 Å². The standard InChI is InChI=1S/C16H24N2O2/c1-13(2)14-5-4-6-15(11-14)20-12-16(19)18-9-7-17(3)8-10-18/h4-6,11,13H,7-10,12H2,1-3H3. The van der Waals surface area contributed by atoms with Gasteiger partial charge in [-0.2, -0.15) is 0 Å². The molecule has 1 aliphatic heterocycles. The molecule has 0 aliphatic carbocycles. The van der Waals surface area contributed by atoms with E-state index in [0.717, 1.165) is 31.9 Å². The number of hydrogen-bond donors (Lipinski definition) is 0. The Balaban J connectivity index is 1.85. The average molecular weight is 276 g/mol. The normalized spacial score (nSPS) is 16.5. The van der Waals surface area contributed by atoms with Gasteiger partial charge in [-0.15, -0.1) is 0 Å². The summed E-state index contributed by atoms with van der Waals surface area (Å²) in [5.41, 5.74) is 1.23. The summed E-state index contributed by atoms with van der Waals surface area (Å²) >= 11 is 0. The Morgan fingerprint density at radius 1 is 1.25 bits per heavy atom. The van der Waals surface area contributed by atoms with E-state index in [1.165, 1.54) is 5.56 Å². The second kappa shape index (κ2) is 6.75. The topological polar surface area (TPSA) is 32.8 Å². The van der Waals surface area contributed by atoms with Crippen molar-refractivity contribution in [2.24, 2.45) is 0 Å². The van der Waals surface area contributed by atoms with E-state index in [4.69, 9.17) is 4.74 Å². The lowest BCUT2D eigenvalue weighted by Crippen LogP contribution is -2.48. The second-order valence-corrected chi connectivity index (χ2v) is 5.70. The van der Waals surface area contributed by atoms with Crippen LogP contribution in [0.3, 0.4) is 0 Å². The van der Waals surface area contributed by atoms with Gasteiger partial charge in [-0.25, -0.2) is 0 Å². The monoisotopic (exact) mass is 276 g/mol. The fourth-order valence-electron chi connectivity index (χ4n) is 2.26. The second-order valence-electron chi connectivity index (χ2n) is 5.70. The Hall–Kier alpha value is -1.55. The van der Waals surface area contributed by atoms with Crippen LogP contribution in [0.15, 0.2) is 24.3 Å².